The highest BCUT2D eigenvalue weighted by molar-refractivity contribution is 6.37. The van der Waals surface area contributed by atoms with Crippen molar-refractivity contribution in [3.63, 3.8) is 0 Å². The van der Waals surface area contributed by atoms with Gasteiger partial charge < -0.3 is 30.9 Å². The lowest BCUT2D eigenvalue weighted by Gasteiger charge is -2.28. The topological polar surface area (TPSA) is 131 Å². The van der Waals surface area contributed by atoms with Gasteiger partial charge in [-0.2, -0.15) is 0 Å². The first kappa shape index (κ1) is 32.9. The van der Waals surface area contributed by atoms with E-state index >= 15 is 0 Å². The number of anilines is 2. The molecule has 45 heavy (non-hydrogen) atoms. The molecule has 1 aliphatic carbocycles. The Labute approximate surface area is 269 Å². The van der Waals surface area contributed by atoms with Gasteiger partial charge in [-0.05, 0) is 56.7 Å². The molecular formula is C34H44ClN5O5. The number of carbonyl (C=O) groups is 4. The fourth-order valence-corrected chi connectivity index (χ4v) is 6.75. The summed E-state index contributed by atoms with van der Waals surface area (Å²) in [6, 6.07) is 11.7. The van der Waals surface area contributed by atoms with Crippen LogP contribution in [-0.4, -0.2) is 72.6 Å². The molecule has 1 unspecified atom stereocenters. The van der Waals surface area contributed by atoms with Crippen LogP contribution in [0.5, 0.6) is 0 Å². The number of hydrogen-bond donors (Lipinski definition) is 4. The molecule has 2 saturated heterocycles. The molecule has 4 N–H and O–H groups in total. The van der Waals surface area contributed by atoms with Crippen LogP contribution in [0.1, 0.15) is 80.6 Å². The summed E-state index contributed by atoms with van der Waals surface area (Å²) >= 11 is 6.80. The number of nitrogens with zero attached hydrogens (tertiary/aromatic N) is 2. The van der Waals surface area contributed by atoms with Gasteiger partial charge in [0.05, 0.1) is 34.6 Å². The summed E-state index contributed by atoms with van der Waals surface area (Å²) in [6.45, 7) is 2.81. The molecule has 242 valence electrons. The molecular weight excluding hydrogens is 594 g/mol. The molecule has 2 aromatic carbocycles. The quantitative estimate of drug-likeness (QED) is 0.281. The molecule has 4 amide bonds. The van der Waals surface area contributed by atoms with Gasteiger partial charge in [-0.3, -0.25) is 19.2 Å². The van der Waals surface area contributed by atoms with E-state index in [2.05, 4.69) is 16.0 Å². The Bertz CT molecular complexity index is 1340. The van der Waals surface area contributed by atoms with E-state index in [1.54, 1.807) is 28.9 Å². The first-order valence-corrected chi connectivity index (χ1v) is 16.6. The molecule has 2 aromatic rings. The van der Waals surface area contributed by atoms with Crippen LogP contribution in [-0.2, 0) is 20.8 Å². The predicted molar refractivity (Wildman–Crippen MR) is 175 cm³/mol. The summed E-state index contributed by atoms with van der Waals surface area (Å²) in [7, 11) is 0. The Morgan fingerprint density at radius 1 is 0.933 bits per heavy atom. The van der Waals surface area contributed by atoms with Crippen LogP contribution in [0.2, 0.25) is 5.02 Å². The maximum atomic E-state index is 13.9. The second-order valence-corrected chi connectivity index (χ2v) is 12.8. The lowest BCUT2D eigenvalue weighted by molar-refractivity contribution is -0.124. The third-order valence-corrected chi connectivity index (χ3v) is 9.47. The molecule has 11 heteroatoms. The number of benzene rings is 2. The average molecular weight is 638 g/mol. The summed E-state index contributed by atoms with van der Waals surface area (Å²) in [4.78, 5) is 55.2. The van der Waals surface area contributed by atoms with Gasteiger partial charge in [0.15, 0.2) is 0 Å². The van der Waals surface area contributed by atoms with Crippen molar-refractivity contribution in [2.24, 2.45) is 0 Å². The predicted octanol–water partition coefficient (Wildman–Crippen LogP) is 3.72. The van der Waals surface area contributed by atoms with E-state index in [-0.39, 0.29) is 40.9 Å². The van der Waals surface area contributed by atoms with Gasteiger partial charge in [0.1, 0.15) is 0 Å². The normalized spacial score (nSPS) is 19.4. The van der Waals surface area contributed by atoms with Crippen molar-refractivity contribution in [1.29, 1.82) is 0 Å². The van der Waals surface area contributed by atoms with Crippen LogP contribution in [0, 0.1) is 0 Å². The van der Waals surface area contributed by atoms with Gasteiger partial charge in [0, 0.05) is 44.1 Å². The summed E-state index contributed by atoms with van der Waals surface area (Å²) in [6.07, 6.45) is 6.87. The van der Waals surface area contributed by atoms with Crippen LogP contribution >= 0.6 is 11.6 Å². The van der Waals surface area contributed by atoms with E-state index in [1.807, 2.05) is 30.3 Å². The van der Waals surface area contributed by atoms with Crippen molar-refractivity contribution < 1.29 is 24.3 Å². The van der Waals surface area contributed by atoms with Crippen LogP contribution in [0.25, 0.3) is 0 Å². The lowest BCUT2D eigenvalue weighted by atomic mass is 9.95. The molecule has 0 spiro atoms. The summed E-state index contributed by atoms with van der Waals surface area (Å²) < 4.78 is 0. The fraction of sp³-hybridized carbons (Fsp3) is 0.529. The van der Waals surface area contributed by atoms with Crippen molar-refractivity contribution in [2.75, 3.05) is 29.4 Å². The van der Waals surface area contributed by atoms with Gasteiger partial charge in [0.2, 0.25) is 17.7 Å². The Morgan fingerprint density at radius 3 is 2.09 bits per heavy atom. The standard InChI is InChI=1S/C34H44ClN5O5/c1-22(33(44)37-25-12-6-3-7-13-25)36-21-29(41)26(18-23-10-4-2-5-11-23)38-34(45)24-19-27(39-16-8-14-30(39)42)32(35)28(20-24)40-17-9-15-31(40)43/h2,4-5,10-11,19-20,22,25-26,29,36,41H,3,6-9,12-18,21H2,1H3,(H,37,44)(H,38,45)/t22-,26?,29+/m0/s1. The molecule has 0 aromatic heterocycles. The highest BCUT2D eigenvalue weighted by Gasteiger charge is 2.32. The Balaban J connectivity index is 1.34. The number of carbonyl (C=O) groups excluding carboxylic acids is 4. The maximum absolute atomic E-state index is 13.9. The molecule has 2 heterocycles. The monoisotopic (exact) mass is 637 g/mol. The van der Waals surface area contributed by atoms with Crippen LogP contribution in [0.15, 0.2) is 42.5 Å². The number of aliphatic hydroxyl groups is 1. The Kier molecular flexibility index (Phi) is 11.1. The van der Waals surface area contributed by atoms with E-state index in [1.165, 1.54) is 6.42 Å². The van der Waals surface area contributed by atoms with Crippen LogP contribution in [0.4, 0.5) is 11.4 Å². The number of halogens is 1. The third kappa shape index (κ3) is 8.23. The Morgan fingerprint density at radius 2 is 1.53 bits per heavy atom. The molecule has 0 radical (unpaired) electrons. The molecule has 1 saturated carbocycles. The van der Waals surface area contributed by atoms with Gasteiger partial charge in [0.25, 0.3) is 5.91 Å². The van der Waals surface area contributed by atoms with Crippen LogP contribution < -0.4 is 25.8 Å². The zero-order valence-corrected chi connectivity index (χ0v) is 26.7. The van der Waals surface area contributed by atoms with E-state index in [9.17, 15) is 24.3 Å². The summed E-state index contributed by atoms with van der Waals surface area (Å²) in [5.74, 6) is -0.737. The highest BCUT2D eigenvalue weighted by atomic mass is 35.5. The van der Waals surface area contributed by atoms with Crippen molar-refractivity contribution >= 4 is 46.6 Å². The maximum Gasteiger partial charge on any atom is 0.251 e. The fourth-order valence-electron chi connectivity index (χ4n) is 6.43. The molecule has 3 atom stereocenters. The number of aliphatic hydroxyl groups excluding tert-OH is 1. The third-order valence-electron chi connectivity index (χ3n) is 9.08. The van der Waals surface area contributed by atoms with E-state index < -0.39 is 24.1 Å². The first-order chi connectivity index (χ1) is 21.7. The van der Waals surface area contributed by atoms with Gasteiger partial charge >= 0.3 is 0 Å². The van der Waals surface area contributed by atoms with E-state index in [0.29, 0.717) is 56.6 Å². The van der Waals surface area contributed by atoms with Gasteiger partial charge in [-0.15, -0.1) is 0 Å². The van der Waals surface area contributed by atoms with Crippen molar-refractivity contribution in [1.82, 2.24) is 16.0 Å². The van der Waals surface area contributed by atoms with E-state index in [0.717, 1.165) is 31.2 Å². The van der Waals surface area contributed by atoms with Crippen LogP contribution in [0.3, 0.4) is 0 Å². The second-order valence-electron chi connectivity index (χ2n) is 12.4. The number of nitrogens with one attached hydrogen (secondary N) is 3. The van der Waals surface area contributed by atoms with E-state index in [4.69, 9.17) is 11.6 Å². The lowest BCUT2D eigenvalue weighted by Crippen LogP contribution is -2.53. The summed E-state index contributed by atoms with van der Waals surface area (Å²) in [5.41, 5.74) is 1.97. The molecule has 5 rings (SSSR count). The SMILES string of the molecule is C[C@H](NC[C@@H](O)C(Cc1ccccc1)NC(=O)c1cc(N2CCCC2=O)c(Cl)c(N2CCCC2=O)c1)C(=O)NC1CCCCC1. The average Bonchev–Trinajstić information content (AvgIpc) is 3.67. The molecule has 2 aliphatic heterocycles. The first-order valence-electron chi connectivity index (χ1n) is 16.2. The van der Waals surface area contributed by atoms with Crippen molar-refractivity contribution in [3.05, 3.63) is 58.6 Å². The highest BCUT2D eigenvalue weighted by Crippen LogP contribution is 2.40. The van der Waals surface area contributed by atoms with Crippen molar-refractivity contribution in [2.45, 2.75) is 95.4 Å². The molecule has 0 bridgehead atoms. The zero-order chi connectivity index (χ0) is 31.9. The minimum Gasteiger partial charge on any atom is -0.390 e. The number of amides is 4. The second kappa shape index (κ2) is 15.2. The number of rotatable bonds is 12. The molecule has 3 fully saturated rings. The van der Waals surface area contributed by atoms with Gasteiger partial charge in [-0.25, -0.2) is 0 Å². The zero-order valence-electron chi connectivity index (χ0n) is 25.9. The minimum absolute atomic E-state index is 0.0821. The summed E-state index contributed by atoms with van der Waals surface area (Å²) in [5, 5.41) is 20.9. The smallest absolute Gasteiger partial charge is 0.251 e. The Hall–Kier alpha value is -3.47. The van der Waals surface area contributed by atoms with Crippen molar-refractivity contribution in [3.8, 4) is 0 Å². The minimum atomic E-state index is -1.02. The molecule has 3 aliphatic rings. The largest absolute Gasteiger partial charge is 0.390 e. The number of hydrogen-bond acceptors (Lipinski definition) is 6. The van der Waals surface area contributed by atoms with Gasteiger partial charge in [-0.1, -0.05) is 61.2 Å². The molecule has 10 nitrogen and oxygen atoms in total.